The van der Waals surface area contributed by atoms with Crippen LogP contribution in [0.5, 0.6) is 0 Å². The van der Waals surface area contributed by atoms with Crippen LogP contribution in [-0.2, 0) is 0 Å². The number of carbonyl (C=O) groups is 1. The highest BCUT2D eigenvalue weighted by molar-refractivity contribution is 5.65. The minimum atomic E-state index is -0.996. The Morgan fingerprint density at radius 1 is 1.42 bits per heavy atom. The molecule has 0 rings (SSSR count). The molecule has 0 heterocycles. The van der Waals surface area contributed by atoms with Gasteiger partial charge in [0.15, 0.2) is 0 Å². The van der Waals surface area contributed by atoms with Gasteiger partial charge in [0.05, 0.1) is 0 Å². The fraction of sp³-hybridized carbons (Fsp3) is 0.875. The van der Waals surface area contributed by atoms with Crippen molar-refractivity contribution in [1.82, 2.24) is 5.32 Å². The molecule has 0 spiro atoms. The second-order valence-electron chi connectivity index (χ2n) is 3.49. The summed E-state index contributed by atoms with van der Waals surface area (Å²) < 4.78 is 0. The molecule has 0 aliphatic rings. The highest BCUT2D eigenvalue weighted by atomic mass is 16.4. The maximum atomic E-state index is 10.3. The van der Waals surface area contributed by atoms with Crippen molar-refractivity contribution >= 4 is 6.09 Å². The van der Waals surface area contributed by atoms with E-state index in [1.807, 2.05) is 13.8 Å². The first kappa shape index (κ1) is 11.2. The van der Waals surface area contributed by atoms with E-state index in [1.54, 1.807) is 0 Å². The molecular formula is C8H17NO3. The molecule has 4 heteroatoms. The summed E-state index contributed by atoms with van der Waals surface area (Å²) in [4.78, 5) is 10.3. The SMILES string of the molecule is CC(C)(CCCCO)NC(=O)O. The second-order valence-corrected chi connectivity index (χ2v) is 3.49. The number of nitrogens with one attached hydrogen (secondary N) is 1. The van der Waals surface area contributed by atoms with Crippen molar-refractivity contribution in [2.24, 2.45) is 0 Å². The van der Waals surface area contributed by atoms with Crippen LogP contribution in [0.1, 0.15) is 33.1 Å². The van der Waals surface area contributed by atoms with Gasteiger partial charge in [-0.15, -0.1) is 0 Å². The van der Waals surface area contributed by atoms with Crippen molar-refractivity contribution in [3.05, 3.63) is 0 Å². The minimum Gasteiger partial charge on any atom is -0.465 e. The van der Waals surface area contributed by atoms with E-state index in [-0.39, 0.29) is 12.1 Å². The lowest BCUT2D eigenvalue weighted by atomic mass is 9.98. The smallest absolute Gasteiger partial charge is 0.405 e. The largest absolute Gasteiger partial charge is 0.465 e. The van der Waals surface area contributed by atoms with Crippen LogP contribution in [0.2, 0.25) is 0 Å². The summed E-state index contributed by atoms with van der Waals surface area (Å²) >= 11 is 0. The van der Waals surface area contributed by atoms with Gasteiger partial charge < -0.3 is 15.5 Å². The summed E-state index contributed by atoms with van der Waals surface area (Å²) in [6.07, 6.45) is 1.32. The van der Waals surface area contributed by atoms with Crippen LogP contribution >= 0.6 is 0 Å². The van der Waals surface area contributed by atoms with Crippen molar-refractivity contribution in [3.63, 3.8) is 0 Å². The van der Waals surface area contributed by atoms with Crippen molar-refractivity contribution in [1.29, 1.82) is 0 Å². The molecule has 4 nitrogen and oxygen atoms in total. The summed E-state index contributed by atoms with van der Waals surface area (Å²) in [5.41, 5.74) is -0.388. The maximum absolute atomic E-state index is 10.3. The Kier molecular flexibility index (Phi) is 4.66. The molecule has 12 heavy (non-hydrogen) atoms. The topological polar surface area (TPSA) is 69.6 Å². The Labute approximate surface area is 72.6 Å². The summed E-state index contributed by atoms with van der Waals surface area (Å²) in [5.74, 6) is 0. The zero-order valence-corrected chi connectivity index (χ0v) is 7.63. The monoisotopic (exact) mass is 175 g/mol. The van der Waals surface area contributed by atoms with Gasteiger partial charge >= 0.3 is 6.09 Å². The predicted octanol–water partition coefficient (Wildman–Crippen LogP) is 1.20. The summed E-state index contributed by atoms with van der Waals surface area (Å²) in [6, 6.07) is 0. The van der Waals surface area contributed by atoms with Crippen molar-refractivity contribution in [3.8, 4) is 0 Å². The van der Waals surface area contributed by atoms with E-state index in [0.717, 1.165) is 19.3 Å². The zero-order chi connectivity index (χ0) is 9.61. The van der Waals surface area contributed by atoms with Crippen LogP contribution in [-0.4, -0.2) is 28.5 Å². The minimum absolute atomic E-state index is 0.170. The fourth-order valence-corrected chi connectivity index (χ4v) is 1.03. The van der Waals surface area contributed by atoms with Gasteiger partial charge in [0, 0.05) is 12.1 Å². The normalized spacial score (nSPS) is 11.2. The molecule has 0 saturated carbocycles. The van der Waals surface area contributed by atoms with Crippen molar-refractivity contribution in [2.45, 2.75) is 38.6 Å². The number of hydrogen-bond donors (Lipinski definition) is 3. The molecule has 0 aliphatic heterocycles. The number of amides is 1. The van der Waals surface area contributed by atoms with Gasteiger partial charge in [0.2, 0.25) is 0 Å². The van der Waals surface area contributed by atoms with E-state index in [0.29, 0.717) is 0 Å². The van der Waals surface area contributed by atoms with Gasteiger partial charge in [-0.1, -0.05) is 0 Å². The quantitative estimate of drug-likeness (QED) is 0.550. The first-order valence-electron chi connectivity index (χ1n) is 4.10. The molecule has 0 aromatic rings. The molecule has 0 saturated heterocycles. The molecule has 0 fully saturated rings. The average molecular weight is 175 g/mol. The number of carboxylic acid groups (broad SMARTS) is 1. The van der Waals surface area contributed by atoms with Crippen LogP contribution in [0, 0.1) is 0 Å². The first-order valence-corrected chi connectivity index (χ1v) is 4.10. The average Bonchev–Trinajstić information content (AvgIpc) is 1.84. The van der Waals surface area contributed by atoms with E-state index in [9.17, 15) is 4.79 Å². The highest BCUT2D eigenvalue weighted by Crippen LogP contribution is 2.12. The molecule has 72 valence electrons. The Bertz CT molecular complexity index is 145. The number of rotatable bonds is 5. The van der Waals surface area contributed by atoms with Crippen LogP contribution in [0.15, 0.2) is 0 Å². The van der Waals surface area contributed by atoms with E-state index in [1.165, 1.54) is 0 Å². The number of aliphatic hydroxyl groups excluding tert-OH is 1. The summed E-state index contributed by atoms with van der Waals surface area (Å²) in [6.45, 7) is 3.83. The van der Waals surface area contributed by atoms with Crippen LogP contribution in [0.4, 0.5) is 4.79 Å². The molecule has 0 radical (unpaired) electrons. The second kappa shape index (κ2) is 4.98. The fourth-order valence-electron chi connectivity index (χ4n) is 1.03. The van der Waals surface area contributed by atoms with E-state index in [2.05, 4.69) is 5.32 Å². The van der Waals surface area contributed by atoms with Gasteiger partial charge in [0.25, 0.3) is 0 Å². The third-order valence-corrected chi connectivity index (χ3v) is 1.66. The Morgan fingerprint density at radius 2 is 2.00 bits per heavy atom. The molecule has 0 aromatic heterocycles. The number of hydrogen-bond acceptors (Lipinski definition) is 2. The third kappa shape index (κ3) is 5.97. The van der Waals surface area contributed by atoms with Gasteiger partial charge in [-0.05, 0) is 33.1 Å². The Balaban J connectivity index is 3.63. The number of unbranched alkanes of at least 4 members (excludes halogenated alkanes) is 1. The molecule has 0 unspecified atom stereocenters. The predicted molar refractivity (Wildman–Crippen MR) is 46.2 cm³/mol. The maximum Gasteiger partial charge on any atom is 0.405 e. The van der Waals surface area contributed by atoms with Gasteiger partial charge in [0.1, 0.15) is 0 Å². The molecule has 1 amide bonds. The van der Waals surface area contributed by atoms with Gasteiger partial charge in [-0.3, -0.25) is 0 Å². The van der Waals surface area contributed by atoms with Crippen molar-refractivity contribution < 1.29 is 15.0 Å². The summed E-state index contributed by atoms with van der Waals surface area (Å²) in [5, 5.41) is 19.4. The molecule has 0 atom stereocenters. The lowest BCUT2D eigenvalue weighted by Gasteiger charge is -2.24. The first-order chi connectivity index (χ1) is 5.48. The van der Waals surface area contributed by atoms with Gasteiger partial charge in [-0.25, -0.2) is 4.79 Å². The van der Waals surface area contributed by atoms with Crippen molar-refractivity contribution in [2.75, 3.05) is 6.61 Å². The summed E-state index contributed by atoms with van der Waals surface area (Å²) in [7, 11) is 0. The lowest BCUT2D eigenvalue weighted by Crippen LogP contribution is -2.42. The molecular weight excluding hydrogens is 158 g/mol. The molecule has 0 aromatic carbocycles. The third-order valence-electron chi connectivity index (χ3n) is 1.66. The Hall–Kier alpha value is -0.770. The Morgan fingerprint density at radius 3 is 2.42 bits per heavy atom. The lowest BCUT2D eigenvalue weighted by molar-refractivity contribution is 0.179. The molecule has 0 aliphatic carbocycles. The van der Waals surface area contributed by atoms with Crippen LogP contribution < -0.4 is 5.32 Å². The highest BCUT2D eigenvalue weighted by Gasteiger charge is 2.18. The standard InChI is InChI=1S/C8H17NO3/c1-8(2,9-7(11)12)5-3-4-6-10/h9-10H,3-6H2,1-2H3,(H,11,12). The van der Waals surface area contributed by atoms with Gasteiger partial charge in [-0.2, -0.15) is 0 Å². The molecule has 3 N–H and O–H groups in total. The van der Waals surface area contributed by atoms with E-state index in [4.69, 9.17) is 10.2 Å². The number of aliphatic hydroxyl groups is 1. The molecule has 0 bridgehead atoms. The van der Waals surface area contributed by atoms with E-state index >= 15 is 0 Å². The zero-order valence-electron chi connectivity index (χ0n) is 7.63. The van der Waals surface area contributed by atoms with Crippen LogP contribution in [0.3, 0.4) is 0 Å². The van der Waals surface area contributed by atoms with Crippen LogP contribution in [0.25, 0.3) is 0 Å². The van der Waals surface area contributed by atoms with E-state index < -0.39 is 6.09 Å².